The minimum Gasteiger partial charge on any atom is -0.354 e. The molecule has 2 aliphatic carbocycles. The zero-order chi connectivity index (χ0) is 34.1. The molecule has 0 radical (unpaired) electrons. The standard InChI is InChI=1S/C19H23N3O.C19H22N2O2/c1-6-8-9-13-19(20-4,21-5)18-12-11-17(22-15(3)23)14-16(18)10-7-2;1-5-7-8-11-19(20-3,21-4)17-10-12-18(22-13-14-23-18)15-16(17)9-6-2/h10,16-18H,2,6,11-14H2,1,3H3,(H,22,23);9,16-17H,2,5,10-15H2,1H3/t16?,17-,18?;/m0./s1. The maximum Gasteiger partial charge on any atom is 0.496 e. The van der Waals surface area contributed by atoms with E-state index in [-0.39, 0.29) is 48.5 Å². The summed E-state index contributed by atoms with van der Waals surface area (Å²) in [6.45, 7) is 44.4. The van der Waals surface area contributed by atoms with Crippen molar-refractivity contribution in [1.29, 1.82) is 0 Å². The molecule has 1 amide bonds. The van der Waals surface area contributed by atoms with E-state index in [1.807, 2.05) is 26.0 Å². The lowest BCUT2D eigenvalue weighted by molar-refractivity contribution is -0.192. The van der Waals surface area contributed by atoms with Crippen molar-refractivity contribution in [2.75, 3.05) is 13.2 Å². The lowest BCUT2D eigenvalue weighted by Gasteiger charge is -2.39. The van der Waals surface area contributed by atoms with Crippen LogP contribution in [0.15, 0.2) is 36.8 Å². The predicted molar refractivity (Wildman–Crippen MR) is 179 cm³/mol. The van der Waals surface area contributed by atoms with E-state index >= 15 is 0 Å². The van der Waals surface area contributed by atoms with Crippen LogP contribution in [0.3, 0.4) is 0 Å². The van der Waals surface area contributed by atoms with Crippen molar-refractivity contribution in [1.82, 2.24) is 5.32 Å². The highest BCUT2D eigenvalue weighted by Crippen LogP contribution is 2.49. The molecular formula is C38H45N5O3. The third kappa shape index (κ3) is 9.51. The first-order chi connectivity index (χ1) is 22.2. The molecule has 1 N–H and O–H groups in total. The van der Waals surface area contributed by atoms with Gasteiger partial charge in [-0.3, -0.25) is 4.79 Å². The van der Waals surface area contributed by atoms with Gasteiger partial charge in [-0.1, -0.05) is 38.8 Å². The van der Waals surface area contributed by atoms with Crippen molar-refractivity contribution in [3.63, 3.8) is 0 Å². The minimum atomic E-state index is -1.15. The van der Waals surface area contributed by atoms with Crippen molar-refractivity contribution in [2.45, 2.75) is 108 Å². The average molecular weight is 620 g/mol. The summed E-state index contributed by atoms with van der Waals surface area (Å²) in [4.78, 5) is 26.1. The Hall–Kier alpha value is -4.49. The second-order valence-electron chi connectivity index (χ2n) is 11.8. The lowest BCUT2D eigenvalue weighted by Crippen LogP contribution is -2.46. The Morgan fingerprint density at radius 1 is 0.848 bits per heavy atom. The Morgan fingerprint density at radius 2 is 1.35 bits per heavy atom. The van der Waals surface area contributed by atoms with Crippen LogP contribution in [0.5, 0.6) is 0 Å². The molecule has 46 heavy (non-hydrogen) atoms. The summed E-state index contributed by atoms with van der Waals surface area (Å²) in [6, 6.07) is 0.0780. The lowest BCUT2D eigenvalue weighted by atomic mass is 9.69. The van der Waals surface area contributed by atoms with E-state index in [9.17, 15) is 4.79 Å². The molecule has 4 unspecified atom stereocenters. The molecule has 1 spiro atoms. The molecule has 0 aromatic heterocycles. The maximum absolute atomic E-state index is 11.3. The van der Waals surface area contributed by atoms with Crippen LogP contribution < -0.4 is 5.32 Å². The summed E-state index contributed by atoms with van der Waals surface area (Å²) >= 11 is 0. The van der Waals surface area contributed by atoms with Gasteiger partial charge < -0.3 is 14.8 Å². The summed E-state index contributed by atoms with van der Waals surface area (Å²) in [7, 11) is 0. The number of nitrogens with zero attached hydrogens (tertiary/aromatic N) is 4. The molecule has 0 bridgehead atoms. The molecule has 3 rings (SSSR count). The van der Waals surface area contributed by atoms with E-state index in [1.165, 1.54) is 6.92 Å². The normalized spacial score (nSPS) is 24.4. The SMILES string of the molecule is [C-]#[N+]C(CC#CCC)([N+]#[C-])C1CCC2(CC1C=C=C)OCCO2.[C-]#[N+]C(CC#CCC)([N+]#[C-])C1CC[C@H](NC(C)=O)CC1C=C=C. The van der Waals surface area contributed by atoms with E-state index in [0.717, 1.165) is 19.3 Å². The molecule has 240 valence electrons. The van der Waals surface area contributed by atoms with E-state index in [0.29, 0.717) is 45.3 Å². The van der Waals surface area contributed by atoms with E-state index in [2.05, 4.69) is 73.0 Å². The number of nitrogens with one attached hydrogen (secondary N) is 1. The van der Waals surface area contributed by atoms with Gasteiger partial charge in [0.25, 0.3) is 0 Å². The number of amides is 1. The molecule has 8 nitrogen and oxygen atoms in total. The van der Waals surface area contributed by atoms with Gasteiger partial charge in [0, 0.05) is 50.5 Å². The van der Waals surface area contributed by atoms with Gasteiger partial charge in [-0.25, -0.2) is 45.7 Å². The molecule has 0 aromatic rings. The van der Waals surface area contributed by atoms with Crippen LogP contribution in [0.4, 0.5) is 0 Å². The molecule has 5 atom stereocenters. The largest absolute Gasteiger partial charge is 0.496 e. The first kappa shape index (κ1) is 37.7. The molecule has 1 saturated heterocycles. The highest BCUT2D eigenvalue weighted by molar-refractivity contribution is 5.73. The van der Waals surface area contributed by atoms with E-state index in [1.54, 1.807) is 0 Å². The number of hydrogen-bond acceptors (Lipinski definition) is 3. The van der Waals surface area contributed by atoms with E-state index < -0.39 is 17.1 Å². The van der Waals surface area contributed by atoms with Gasteiger partial charge in [0.15, 0.2) is 18.6 Å². The molecule has 3 fully saturated rings. The van der Waals surface area contributed by atoms with Crippen molar-refractivity contribution >= 4 is 5.91 Å². The van der Waals surface area contributed by atoms with Crippen LogP contribution in [-0.4, -0.2) is 42.3 Å². The van der Waals surface area contributed by atoms with Gasteiger partial charge in [0.1, 0.15) is 11.8 Å². The Bertz CT molecular complexity index is 1430. The quantitative estimate of drug-likeness (QED) is 0.183. The Kier molecular flexibility index (Phi) is 15.1. The van der Waals surface area contributed by atoms with E-state index in [4.69, 9.17) is 35.8 Å². The molecule has 8 heteroatoms. The van der Waals surface area contributed by atoms with Crippen molar-refractivity contribution in [2.24, 2.45) is 23.7 Å². The van der Waals surface area contributed by atoms with Gasteiger partial charge in [0.05, 0.1) is 13.2 Å². The van der Waals surface area contributed by atoms with Gasteiger partial charge in [-0.15, -0.1) is 23.3 Å². The van der Waals surface area contributed by atoms with Crippen LogP contribution in [0.25, 0.3) is 19.4 Å². The van der Waals surface area contributed by atoms with Crippen molar-refractivity contribution < 1.29 is 14.3 Å². The summed E-state index contributed by atoms with van der Waals surface area (Å²) in [5, 5.41) is 2.94. The fourth-order valence-electron chi connectivity index (χ4n) is 6.82. The highest BCUT2D eigenvalue weighted by Gasteiger charge is 2.60. The van der Waals surface area contributed by atoms with Crippen molar-refractivity contribution in [3.8, 4) is 23.7 Å². The zero-order valence-electron chi connectivity index (χ0n) is 27.5. The van der Waals surface area contributed by atoms with Gasteiger partial charge in [-0.2, -0.15) is 0 Å². The summed E-state index contributed by atoms with van der Waals surface area (Å²) in [5.41, 5.74) is 3.34. The molecule has 2 saturated carbocycles. The molecule has 0 aromatic carbocycles. The van der Waals surface area contributed by atoms with Crippen molar-refractivity contribution in [3.05, 3.63) is 82.4 Å². The van der Waals surface area contributed by atoms with Crippen LogP contribution in [-0.2, 0) is 14.3 Å². The molecule has 3 aliphatic rings. The molecule has 1 heterocycles. The molecular weight excluding hydrogens is 574 g/mol. The topological polar surface area (TPSA) is 65.0 Å². The van der Waals surface area contributed by atoms with Gasteiger partial charge >= 0.3 is 11.3 Å². The number of rotatable bonds is 7. The number of carbonyl (C=O) groups excluding carboxylic acids is 1. The van der Waals surface area contributed by atoms with Crippen LogP contribution in [0.1, 0.15) is 85.0 Å². The number of allylic oxidation sites excluding steroid dienone is 2. The van der Waals surface area contributed by atoms with Crippen LogP contribution >= 0.6 is 0 Å². The monoisotopic (exact) mass is 619 g/mol. The minimum absolute atomic E-state index is 0.00438. The second kappa shape index (κ2) is 18.5. The smallest absolute Gasteiger partial charge is 0.354 e. The molecule has 1 aliphatic heterocycles. The summed E-state index contributed by atoms with van der Waals surface area (Å²) < 4.78 is 11.6. The first-order valence-corrected chi connectivity index (χ1v) is 15.9. The summed E-state index contributed by atoms with van der Waals surface area (Å²) in [5.74, 6) is 11.1. The van der Waals surface area contributed by atoms with Crippen LogP contribution in [0, 0.1) is 73.6 Å². The average Bonchev–Trinajstić information content (AvgIpc) is 3.50. The van der Waals surface area contributed by atoms with Gasteiger partial charge in [-0.05, 0) is 37.8 Å². The number of hydrogen-bond donors (Lipinski definition) is 1. The Morgan fingerprint density at radius 3 is 1.80 bits per heavy atom. The third-order valence-corrected chi connectivity index (χ3v) is 8.95. The zero-order valence-corrected chi connectivity index (χ0v) is 27.5. The second-order valence-corrected chi connectivity index (χ2v) is 11.8. The van der Waals surface area contributed by atoms with Gasteiger partial charge in [0.2, 0.25) is 5.91 Å². The fraction of sp³-hybridized carbons (Fsp3) is 0.605. The third-order valence-electron chi connectivity index (χ3n) is 8.95. The summed E-state index contributed by atoms with van der Waals surface area (Å²) in [6.07, 6.45) is 10.00. The van der Waals surface area contributed by atoms with Crippen LogP contribution in [0.2, 0.25) is 0 Å². The number of ether oxygens (including phenoxy) is 2. The fourth-order valence-corrected chi connectivity index (χ4v) is 6.82. The number of carbonyl (C=O) groups is 1. The highest BCUT2D eigenvalue weighted by atomic mass is 16.7. The Balaban J connectivity index is 0.000000320. The predicted octanol–water partition coefficient (Wildman–Crippen LogP) is 7.41. The first-order valence-electron chi connectivity index (χ1n) is 15.9. The maximum atomic E-state index is 11.3. The Labute approximate surface area is 276 Å².